The third-order valence-electron chi connectivity index (χ3n) is 4.53. The third kappa shape index (κ3) is 4.05. The standard InChI is InChI=1S/C21H21ClN6O2/c1-13-5-6-14(9-16(13)22)18-17(11-27(26-18)12-21(2,3)30)25-20(29)15-10-24-28-8-4-7-23-19(15)28/h4-11,30H,12H2,1-3H3,(H,25,29). The maximum Gasteiger partial charge on any atom is 0.261 e. The third-order valence-corrected chi connectivity index (χ3v) is 4.94. The van der Waals surface area contributed by atoms with Crippen LogP contribution in [-0.2, 0) is 6.54 Å². The monoisotopic (exact) mass is 424 g/mol. The van der Waals surface area contributed by atoms with Gasteiger partial charge in [0.25, 0.3) is 5.91 Å². The molecule has 3 aromatic heterocycles. The van der Waals surface area contributed by atoms with Crippen LogP contribution >= 0.6 is 11.6 Å². The van der Waals surface area contributed by atoms with Gasteiger partial charge in [-0.05, 0) is 38.5 Å². The molecule has 0 aliphatic rings. The van der Waals surface area contributed by atoms with Gasteiger partial charge in [-0.2, -0.15) is 10.2 Å². The van der Waals surface area contributed by atoms with E-state index < -0.39 is 5.60 Å². The molecule has 0 saturated heterocycles. The van der Waals surface area contributed by atoms with E-state index in [9.17, 15) is 9.90 Å². The number of hydrogen-bond acceptors (Lipinski definition) is 5. The predicted octanol–water partition coefficient (Wildman–Crippen LogP) is 3.58. The summed E-state index contributed by atoms with van der Waals surface area (Å²) in [5.74, 6) is -0.356. The molecule has 0 spiro atoms. The van der Waals surface area contributed by atoms with Gasteiger partial charge in [-0.3, -0.25) is 9.48 Å². The normalized spacial score (nSPS) is 11.8. The zero-order valence-corrected chi connectivity index (χ0v) is 17.6. The second-order valence-electron chi connectivity index (χ2n) is 7.77. The van der Waals surface area contributed by atoms with Gasteiger partial charge < -0.3 is 10.4 Å². The number of carbonyl (C=O) groups is 1. The lowest BCUT2D eigenvalue weighted by Gasteiger charge is -2.16. The highest BCUT2D eigenvalue weighted by Gasteiger charge is 2.21. The Bertz CT molecular complexity index is 1240. The van der Waals surface area contributed by atoms with Crippen LogP contribution in [0.1, 0.15) is 29.8 Å². The van der Waals surface area contributed by atoms with Crippen molar-refractivity contribution in [2.45, 2.75) is 32.9 Å². The number of hydrogen-bond donors (Lipinski definition) is 2. The van der Waals surface area contributed by atoms with Crippen molar-refractivity contribution in [3.05, 3.63) is 65.2 Å². The Morgan fingerprint density at radius 1 is 1.33 bits per heavy atom. The number of carbonyl (C=O) groups excluding carboxylic acids is 1. The van der Waals surface area contributed by atoms with E-state index in [2.05, 4.69) is 20.5 Å². The molecule has 0 saturated carbocycles. The van der Waals surface area contributed by atoms with Crippen molar-refractivity contribution in [3.8, 4) is 11.3 Å². The van der Waals surface area contributed by atoms with Crippen molar-refractivity contribution in [2.75, 3.05) is 5.32 Å². The van der Waals surface area contributed by atoms with Crippen molar-refractivity contribution < 1.29 is 9.90 Å². The summed E-state index contributed by atoms with van der Waals surface area (Å²) < 4.78 is 3.14. The summed E-state index contributed by atoms with van der Waals surface area (Å²) in [6, 6.07) is 7.33. The fourth-order valence-corrected chi connectivity index (χ4v) is 3.30. The first kappa shape index (κ1) is 20.1. The molecule has 4 rings (SSSR count). The van der Waals surface area contributed by atoms with Crippen molar-refractivity contribution >= 4 is 28.8 Å². The topological polar surface area (TPSA) is 97.3 Å². The number of amides is 1. The molecule has 0 unspecified atom stereocenters. The summed E-state index contributed by atoms with van der Waals surface area (Å²) in [4.78, 5) is 17.2. The average molecular weight is 425 g/mol. The molecule has 1 amide bonds. The highest BCUT2D eigenvalue weighted by atomic mass is 35.5. The fraction of sp³-hybridized carbons (Fsp3) is 0.238. The predicted molar refractivity (Wildman–Crippen MR) is 115 cm³/mol. The maximum atomic E-state index is 13.0. The van der Waals surface area contributed by atoms with E-state index >= 15 is 0 Å². The molecule has 1 aromatic carbocycles. The first-order valence-corrected chi connectivity index (χ1v) is 9.75. The Labute approximate surface area is 178 Å². The lowest BCUT2D eigenvalue weighted by molar-refractivity contribution is 0.0578. The molecule has 154 valence electrons. The number of fused-ring (bicyclic) bond motifs is 1. The molecular weight excluding hydrogens is 404 g/mol. The van der Waals surface area contributed by atoms with Gasteiger partial charge >= 0.3 is 0 Å². The minimum absolute atomic E-state index is 0.258. The van der Waals surface area contributed by atoms with E-state index in [-0.39, 0.29) is 12.5 Å². The minimum Gasteiger partial charge on any atom is -0.389 e. The molecular formula is C21H21ClN6O2. The summed E-state index contributed by atoms with van der Waals surface area (Å²) in [5, 5.41) is 22.4. The molecule has 0 aliphatic heterocycles. The number of nitrogens with zero attached hydrogens (tertiary/aromatic N) is 5. The molecule has 9 heteroatoms. The first-order valence-electron chi connectivity index (χ1n) is 9.37. The van der Waals surface area contributed by atoms with E-state index in [4.69, 9.17) is 11.6 Å². The quantitative estimate of drug-likeness (QED) is 0.510. The molecule has 0 atom stereocenters. The minimum atomic E-state index is -0.970. The van der Waals surface area contributed by atoms with Gasteiger partial charge in [0.1, 0.15) is 11.3 Å². The van der Waals surface area contributed by atoms with Gasteiger partial charge in [-0.1, -0.05) is 23.7 Å². The van der Waals surface area contributed by atoms with Crippen LogP contribution in [0.4, 0.5) is 5.69 Å². The zero-order valence-electron chi connectivity index (χ0n) is 16.8. The highest BCUT2D eigenvalue weighted by Crippen LogP contribution is 2.31. The molecule has 0 fully saturated rings. The summed E-state index contributed by atoms with van der Waals surface area (Å²) in [5.41, 5.74) is 2.59. The van der Waals surface area contributed by atoms with Crippen LogP contribution in [0, 0.1) is 6.92 Å². The van der Waals surface area contributed by atoms with Crippen LogP contribution < -0.4 is 5.32 Å². The molecule has 3 heterocycles. The smallest absolute Gasteiger partial charge is 0.261 e. The SMILES string of the molecule is Cc1ccc(-c2nn(CC(C)(C)O)cc2NC(=O)c2cnn3cccnc23)cc1Cl. The van der Waals surface area contributed by atoms with Crippen LogP contribution in [0.25, 0.3) is 16.9 Å². The number of halogens is 1. The van der Waals surface area contributed by atoms with Crippen molar-refractivity contribution in [2.24, 2.45) is 0 Å². The summed E-state index contributed by atoms with van der Waals surface area (Å²) in [6.07, 6.45) is 6.49. The fourth-order valence-electron chi connectivity index (χ4n) is 3.12. The Morgan fingerprint density at radius 2 is 2.13 bits per heavy atom. The van der Waals surface area contributed by atoms with Crippen LogP contribution in [0.3, 0.4) is 0 Å². The second kappa shape index (κ2) is 7.55. The largest absolute Gasteiger partial charge is 0.389 e. The number of benzene rings is 1. The number of anilines is 1. The van der Waals surface area contributed by atoms with E-state index in [1.54, 1.807) is 49.3 Å². The summed E-state index contributed by atoms with van der Waals surface area (Å²) >= 11 is 6.30. The highest BCUT2D eigenvalue weighted by molar-refractivity contribution is 6.31. The van der Waals surface area contributed by atoms with Gasteiger partial charge in [0.2, 0.25) is 0 Å². The van der Waals surface area contributed by atoms with Crippen LogP contribution in [0.15, 0.2) is 49.1 Å². The van der Waals surface area contributed by atoms with Crippen LogP contribution in [-0.4, -0.2) is 41.0 Å². The van der Waals surface area contributed by atoms with Gasteiger partial charge in [0, 0.05) is 29.2 Å². The van der Waals surface area contributed by atoms with Gasteiger partial charge in [-0.15, -0.1) is 0 Å². The van der Waals surface area contributed by atoms with Crippen molar-refractivity contribution in [1.29, 1.82) is 0 Å². The molecule has 2 N–H and O–H groups in total. The van der Waals surface area contributed by atoms with Crippen molar-refractivity contribution in [3.63, 3.8) is 0 Å². The van der Waals surface area contributed by atoms with Crippen molar-refractivity contribution in [1.82, 2.24) is 24.4 Å². The number of aromatic nitrogens is 5. The Kier molecular flexibility index (Phi) is 5.05. The number of nitrogens with one attached hydrogen (secondary N) is 1. The first-order chi connectivity index (χ1) is 14.2. The molecule has 0 aliphatic carbocycles. The number of rotatable bonds is 5. The molecule has 0 radical (unpaired) electrons. The lowest BCUT2D eigenvalue weighted by atomic mass is 10.1. The summed E-state index contributed by atoms with van der Waals surface area (Å²) in [7, 11) is 0. The van der Waals surface area contributed by atoms with E-state index in [0.29, 0.717) is 27.6 Å². The molecule has 4 aromatic rings. The van der Waals surface area contributed by atoms with Gasteiger partial charge in [-0.25, -0.2) is 9.50 Å². The molecule has 8 nitrogen and oxygen atoms in total. The molecule has 0 bridgehead atoms. The summed E-state index contributed by atoms with van der Waals surface area (Å²) in [6.45, 7) is 5.56. The second-order valence-corrected chi connectivity index (χ2v) is 8.17. The Hall–Kier alpha value is -3.23. The average Bonchev–Trinajstić information content (AvgIpc) is 3.26. The number of aryl methyl sites for hydroxylation is 1. The lowest BCUT2D eigenvalue weighted by Crippen LogP contribution is -2.26. The van der Waals surface area contributed by atoms with E-state index in [1.165, 1.54) is 10.7 Å². The number of aliphatic hydroxyl groups is 1. The van der Waals surface area contributed by atoms with Crippen LogP contribution in [0.5, 0.6) is 0 Å². The molecule has 30 heavy (non-hydrogen) atoms. The van der Waals surface area contributed by atoms with Crippen LogP contribution in [0.2, 0.25) is 5.02 Å². The van der Waals surface area contributed by atoms with E-state index in [1.807, 2.05) is 19.1 Å². The van der Waals surface area contributed by atoms with Gasteiger partial charge in [0.05, 0.1) is 24.0 Å². The Balaban J connectivity index is 1.73. The zero-order chi connectivity index (χ0) is 21.5. The van der Waals surface area contributed by atoms with Gasteiger partial charge in [0.15, 0.2) is 5.65 Å². The Morgan fingerprint density at radius 3 is 2.87 bits per heavy atom. The maximum absolute atomic E-state index is 13.0. The van der Waals surface area contributed by atoms with E-state index in [0.717, 1.165) is 11.1 Å².